The first-order valence-corrected chi connectivity index (χ1v) is 12.2. The van der Waals surface area contributed by atoms with E-state index in [1.807, 2.05) is 43.3 Å². The second kappa shape index (κ2) is 9.76. The van der Waals surface area contributed by atoms with E-state index in [1.54, 1.807) is 16.8 Å². The maximum Gasteiger partial charge on any atom is 0.255 e. The zero-order chi connectivity index (χ0) is 24.4. The molecule has 8 heteroatoms. The lowest BCUT2D eigenvalue weighted by atomic mass is 9.95. The van der Waals surface area contributed by atoms with Crippen molar-refractivity contribution in [3.05, 3.63) is 113 Å². The van der Waals surface area contributed by atoms with Gasteiger partial charge in [0.1, 0.15) is 11.9 Å². The maximum atomic E-state index is 13.7. The van der Waals surface area contributed by atoms with Crippen molar-refractivity contribution < 1.29 is 9.18 Å². The standard InChI is InChI=1S/C27H24FN5OS/c1-17-7-6-8-19(15-17)16-35-27-31-26-29-18(2)23(25(34)30-22-9-4-3-5-10-22)24(33(26)32-27)20-11-13-21(28)14-12-20/h3-15,24H,16H2,1-2H3,(H,30,34)(H,29,31,32)/t24-/m0/s1. The molecule has 2 N–H and O–H groups in total. The van der Waals surface area contributed by atoms with Crippen LogP contribution in [0.2, 0.25) is 0 Å². The Bertz CT molecular complexity index is 1400. The summed E-state index contributed by atoms with van der Waals surface area (Å²) in [6.07, 6.45) is 0. The van der Waals surface area contributed by atoms with Crippen molar-refractivity contribution in [2.45, 2.75) is 30.8 Å². The van der Waals surface area contributed by atoms with Gasteiger partial charge in [-0.25, -0.2) is 9.07 Å². The lowest BCUT2D eigenvalue weighted by Gasteiger charge is -2.28. The summed E-state index contributed by atoms with van der Waals surface area (Å²) < 4.78 is 15.4. The van der Waals surface area contributed by atoms with Gasteiger partial charge >= 0.3 is 0 Å². The number of rotatable bonds is 6. The molecule has 5 rings (SSSR count). The fraction of sp³-hybridized carbons (Fsp3) is 0.148. The SMILES string of the molecule is CC1=C(C(=O)Nc2ccccc2)[C@H](c2ccc(F)cc2)n2nc(SCc3cccc(C)c3)nc2N1. The Labute approximate surface area is 207 Å². The van der Waals surface area contributed by atoms with Crippen molar-refractivity contribution >= 4 is 29.3 Å². The van der Waals surface area contributed by atoms with Crippen molar-refractivity contribution in [3.8, 4) is 0 Å². The molecule has 0 saturated carbocycles. The van der Waals surface area contributed by atoms with Crippen LogP contribution in [0.3, 0.4) is 0 Å². The second-order valence-corrected chi connectivity index (χ2v) is 9.32. The first-order valence-electron chi connectivity index (χ1n) is 11.2. The van der Waals surface area contributed by atoms with Crippen LogP contribution < -0.4 is 10.6 Å². The third kappa shape index (κ3) is 4.97. The summed E-state index contributed by atoms with van der Waals surface area (Å²) in [7, 11) is 0. The molecular weight excluding hydrogens is 461 g/mol. The van der Waals surface area contributed by atoms with E-state index < -0.39 is 6.04 Å². The number of anilines is 2. The van der Waals surface area contributed by atoms with Gasteiger partial charge in [-0.2, -0.15) is 4.98 Å². The first-order chi connectivity index (χ1) is 17.0. The monoisotopic (exact) mass is 485 g/mol. The van der Waals surface area contributed by atoms with Crippen LogP contribution in [0.1, 0.15) is 29.7 Å². The predicted octanol–water partition coefficient (Wildman–Crippen LogP) is 5.95. The number of nitrogens with zero attached hydrogens (tertiary/aromatic N) is 3. The minimum absolute atomic E-state index is 0.259. The lowest BCUT2D eigenvalue weighted by molar-refractivity contribution is -0.113. The van der Waals surface area contributed by atoms with Crippen LogP contribution >= 0.6 is 11.8 Å². The van der Waals surface area contributed by atoms with Crippen molar-refractivity contribution in [1.29, 1.82) is 0 Å². The van der Waals surface area contributed by atoms with Crippen molar-refractivity contribution in [2.24, 2.45) is 0 Å². The normalized spacial score (nSPS) is 14.9. The highest BCUT2D eigenvalue weighted by Gasteiger charge is 2.34. The third-order valence-corrected chi connectivity index (χ3v) is 6.65. The molecule has 0 unspecified atom stereocenters. The number of carbonyl (C=O) groups excluding carboxylic acids is 1. The minimum Gasteiger partial charge on any atom is -0.328 e. The largest absolute Gasteiger partial charge is 0.328 e. The van der Waals surface area contributed by atoms with Crippen LogP contribution in [0.4, 0.5) is 16.0 Å². The van der Waals surface area contributed by atoms with Gasteiger partial charge < -0.3 is 10.6 Å². The number of benzene rings is 3. The van der Waals surface area contributed by atoms with Gasteiger partial charge in [0.15, 0.2) is 0 Å². The van der Waals surface area contributed by atoms with Gasteiger partial charge in [0.05, 0.1) is 5.57 Å². The summed E-state index contributed by atoms with van der Waals surface area (Å²) in [5.41, 5.74) is 4.98. The molecule has 2 heterocycles. The number of thioether (sulfide) groups is 1. The van der Waals surface area contributed by atoms with Crippen molar-refractivity contribution in [3.63, 3.8) is 0 Å². The van der Waals surface area contributed by atoms with Crippen LogP contribution in [0, 0.1) is 12.7 Å². The zero-order valence-electron chi connectivity index (χ0n) is 19.3. The van der Waals surface area contributed by atoms with Gasteiger partial charge in [-0.15, -0.1) is 5.10 Å². The average Bonchev–Trinajstić information content (AvgIpc) is 3.25. The highest BCUT2D eigenvalue weighted by atomic mass is 32.2. The number of hydrogen-bond donors (Lipinski definition) is 2. The Kier molecular flexibility index (Phi) is 6.37. The summed E-state index contributed by atoms with van der Waals surface area (Å²) in [6, 6.07) is 23.2. The molecule has 0 saturated heterocycles. The van der Waals surface area contributed by atoms with Crippen LogP contribution in [0.5, 0.6) is 0 Å². The highest BCUT2D eigenvalue weighted by molar-refractivity contribution is 7.98. The molecule has 1 aliphatic rings. The van der Waals surface area contributed by atoms with E-state index in [-0.39, 0.29) is 11.7 Å². The fourth-order valence-electron chi connectivity index (χ4n) is 4.11. The average molecular weight is 486 g/mol. The minimum atomic E-state index is -0.559. The number of aryl methyl sites for hydroxylation is 1. The van der Waals surface area contributed by atoms with Gasteiger partial charge in [-0.3, -0.25) is 4.79 Å². The summed E-state index contributed by atoms with van der Waals surface area (Å²) in [4.78, 5) is 18.1. The van der Waals surface area contributed by atoms with Crippen molar-refractivity contribution in [2.75, 3.05) is 10.6 Å². The third-order valence-electron chi connectivity index (χ3n) is 5.75. The van der Waals surface area contributed by atoms with E-state index in [9.17, 15) is 9.18 Å². The molecule has 0 fully saturated rings. The Balaban J connectivity index is 1.48. The number of fused-ring (bicyclic) bond motifs is 1. The molecule has 0 radical (unpaired) electrons. The molecule has 0 aliphatic carbocycles. The number of carbonyl (C=O) groups is 1. The zero-order valence-corrected chi connectivity index (χ0v) is 20.1. The van der Waals surface area contributed by atoms with Gasteiger partial charge in [-0.05, 0) is 49.2 Å². The molecule has 0 bridgehead atoms. The number of hydrogen-bond acceptors (Lipinski definition) is 5. The molecule has 6 nitrogen and oxygen atoms in total. The van der Waals surface area contributed by atoms with Crippen LogP contribution in [0.25, 0.3) is 0 Å². The molecule has 35 heavy (non-hydrogen) atoms. The van der Waals surface area contributed by atoms with Crippen LogP contribution in [0.15, 0.2) is 95.3 Å². The molecule has 3 aromatic carbocycles. The number of nitrogens with one attached hydrogen (secondary N) is 2. The lowest BCUT2D eigenvalue weighted by Crippen LogP contribution is -2.31. The summed E-state index contributed by atoms with van der Waals surface area (Å²) in [6.45, 7) is 3.91. The van der Waals surface area contributed by atoms with E-state index >= 15 is 0 Å². The Morgan fingerprint density at radius 3 is 2.57 bits per heavy atom. The maximum absolute atomic E-state index is 13.7. The first kappa shape index (κ1) is 22.9. The predicted molar refractivity (Wildman–Crippen MR) is 137 cm³/mol. The molecule has 1 aromatic heterocycles. The molecule has 1 atom stereocenters. The van der Waals surface area contributed by atoms with E-state index in [0.717, 1.165) is 11.3 Å². The molecule has 4 aromatic rings. The summed E-state index contributed by atoms with van der Waals surface area (Å²) >= 11 is 1.53. The van der Waals surface area contributed by atoms with Crippen LogP contribution in [-0.4, -0.2) is 20.7 Å². The quantitative estimate of drug-likeness (QED) is 0.331. The molecule has 0 spiro atoms. The summed E-state index contributed by atoms with van der Waals surface area (Å²) in [5.74, 6) is 0.664. The Morgan fingerprint density at radius 2 is 1.83 bits per heavy atom. The van der Waals surface area contributed by atoms with Crippen LogP contribution in [-0.2, 0) is 10.5 Å². The van der Waals surface area contributed by atoms with E-state index in [0.29, 0.717) is 28.1 Å². The number of allylic oxidation sites excluding steroid dienone is 1. The number of para-hydroxylation sites is 1. The number of aromatic nitrogens is 3. The Morgan fingerprint density at radius 1 is 1.06 bits per heavy atom. The van der Waals surface area contributed by atoms with Gasteiger partial charge in [-0.1, -0.05) is 71.9 Å². The van der Waals surface area contributed by atoms with E-state index in [4.69, 9.17) is 5.10 Å². The van der Waals surface area contributed by atoms with E-state index in [1.165, 1.54) is 35.0 Å². The highest BCUT2D eigenvalue weighted by Crippen LogP contribution is 2.37. The topological polar surface area (TPSA) is 71.8 Å². The fourth-order valence-corrected chi connectivity index (χ4v) is 4.88. The molecule has 1 aliphatic heterocycles. The molecule has 176 valence electrons. The van der Waals surface area contributed by atoms with Gasteiger partial charge in [0.25, 0.3) is 5.91 Å². The molecule has 1 amide bonds. The van der Waals surface area contributed by atoms with E-state index in [2.05, 4.69) is 40.7 Å². The molecular formula is C27H24FN5OS. The smallest absolute Gasteiger partial charge is 0.255 e. The van der Waals surface area contributed by atoms with Gasteiger partial charge in [0, 0.05) is 17.1 Å². The second-order valence-electron chi connectivity index (χ2n) is 8.38. The number of amides is 1. The van der Waals surface area contributed by atoms with Gasteiger partial charge in [0.2, 0.25) is 11.1 Å². The Hall–Kier alpha value is -3.91. The van der Waals surface area contributed by atoms with Crippen molar-refractivity contribution in [1.82, 2.24) is 14.8 Å². The summed E-state index contributed by atoms with van der Waals surface area (Å²) in [5, 5.41) is 11.5. The number of halogens is 1.